The van der Waals surface area contributed by atoms with E-state index in [1.165, 1.54) is 0 Å². The van der Waals surface area contributed by atoms with Crippen LogP contribution in [-0.4, -0.2) is 45.3 Å². The summed E-state index contributed by atoms with van der Waals surface area (Å²) in [6, 6.07) is 0. The van der Waals surface area contributed by atoms with Crippen LogP contribution in [-0.2, 0) is 4.79 Å². The van der Waals surface area contributed by atoms with Crippen molar-refractivity contribution < 1.29 is 26.5 Å². The van der Waals surface area contributed by atoms with Gasteiger partial charge in [0, 0.05) is 6.54 Å². The van der Waals surface area contributed by atoms with E-state index in [9.17, 15) is 22.1 Å². The van der Waals surface area contributed by atoms with Crippen molar-refractivity contribution in [2.45, 2.75) is 6.92 Å². The Morgan fingerprint density at radius 1 is 1.25 bits per heavy atom. The van der Waals surface area contributed by atoms with Gasteiger partial charge in [0.25, 0.3) is 0 Å². The molecule has 0 aromatic rings. The van der Waals surface area contributed by atoms with Gasteiger partial charge in [-0.15, -0.1) is 0 Å². The fourth-order valence-electron chi connectivity index (χ4n) is 0.524. The molecule has 0 aromatic heterocycles. The summed E-state index contributed by atoms with van der Waals surface area (Å²) in [4.78, 5) is 10.9. The minimum Gasteiger partial charge on any atom is -0.418 e. The van der Waals surface area contributed by atoms with Crippen LogP contribution >= 0.6 is 0 Å². The van der Waals surface area contributed by atoms with Crippen LogP contribution in [0.3, 0.4) is 0 Å². The predicted octanol–water partition coefficient (Wildman–Crippen LogP) is 1.64. The maximum Gasteiger partial charge on any atom is 0.673 e. The summed E-state index contributed by atoms with van der Waals surface area (Å²) in [5, 5.41) is 2.68. The third-order valence-electron chi connectivity index (χ3n) is 1.02. The summed E-state index contributed by atoms with van der Waals surface area (Å²) in [7, 11) is -0.0127. The van der Waals surface area contributed by atoms with Crippen molar-refractivity contribution in [1.29, 1.82) is 0 Å². The molecule has 0 heterocycles. The molecule has 96 valence electrons. The fraction of sp³-hybridized carbons (Fsp3) is 0.625. The lowest BCUT2D eigenvalue weighted by molar-refractivity contribution is -0.817. The maximum absolute atomic E-state index is 10.9. The molecule has 0 fully saturated rings. The highest BCUT2D eigenvalue weighted by atomic mass is 19.5. The zero-order valence-corrected chi connectivity index (χ0v) is 9.81. The van der Waals surface area contributed by atoms with Gasteiger partial charge in [0.05, 0.1) is 27.2 Å². The summed E-state index contributed by atoms with van der Waals surface area (Å²) in [5.74, 6) is -0.0273. The van der Waals surface area contributed by atoms with Crippen molar-refractivity contribution in [3.63, 3.8) is 0 Å². The molecule has 0 saturated carbocycles. The summed E-state index contributed by atoms with van der Waals surface area (Å²) < 4.78 is 39.7. The molecule has 3 nitrogen and oxygen atoms in total. The number of quaternary nitrogens is 1. The number of halogens is 4. The zero-order valence-electron chi connectivity index (χ0n) is 9.81. The summed E-state index contributed by atoms with van der Waals surface area (Å²) in [6.07, 6.45) is 3.40. The van der Waals surface area contributed by atoms with E-state index in [1.807, 2.05) is 34.3 Å². The Morgan fingerprint density at radius 2 is 1.62 bits per heavy atom. The third kappa shape index (κ3) is 29.3. The second-order valence-corrected chi connectivity index (χ2v) is 3.82. The van der Waals surface area contributed by atoms with Gasteiger partial charge < -0.3 is 27.1 Å². The molecule has 8 heteroatoms. The van der Waals surface area contributed by atoms with Crippen LogP contribution in [0.2, 0.25) is 0 Å². The molecule has 16 heavy (non-hydrogen) atoms. The lowest BCUT2D eigenvalue weighted by Gasteiger charge is -2.16. The summed E-state index contributed by atoms with van der Waals surface area (Å²) >= 11 is 0. The van der Waals surface area contributed by atoms with Gasteiger partial charge in [0.15, 0.2) is 0 Å². The molecule has 0 saturated heterocycles. The molecule has 0 aliphatic rings. The number of amides is 1. The van der Waals surface area contributed by atoms with Crippen molar-refractivity contribution in [2.24, 2.45) is 0 Å². The number of rotatable bonds is 3. The van der Waals surface area contributed by atoms with Gasteiger partial charge in [0.2, 0.25) is 5.91 Å². The van der Waals surface area contributed by atoms with E-state index >= 15 is 0 Å². The molecular weight excluding hydrogens is 227 g/mol. The van der Waals surface area contributed by atoms with Crippen molar-refractivity contribution in [1.82, 2.24) is 5.32 Å². The highest BCUT2D eigenvalue weighted by molar-refractivity contribution is 6.50. The average molecular weight is 244 g/mol. The van der Waals surface area contributed by atoms with Crippen molar-refractivity contribution >= 4 is 13.2 Å². The molecule has 0 bridgehead atoms. The smallest absolute Gasteiger partial charge is 0.418 e. The number of hydrogen-bond donors (Lipinski definition) is 1. The maximum atomic E-state index is 10.9. The summed E-state index contributed by atoms with van der Waals surface area (Å²) in [5.41, 5.74) is 0. The van der Waals surface area contributed by atoms with Crippen molar-refractivity contribution in [2.75, 3.05) is 27.7 Å². The SMILES string of the molecule is CCNC(=O)/C=C\[N+](C)(C)C.F[B-](F)(F)F. The van der Waals surface area contributed by atoms with E-state index in [0.29, 0.717) is 11.0 Å². The van der Waals surface area contributed by atoms with Gasteiger partial charge >= 0.3 is 7.25 Å². The molecule has 0 aromatic carbocycles. The van der Waals surface area contributed by atoms with Crippen LogP contribution in [0.5, 0.6) is 0 Å². The molecule has 0 unspecified atom stereocenters. The Morgan fingerprint density at radius 3 is 1.88 bits per heavy atom. The van der Waals surface area contributed by atoms with Crippen LogP contribution in [0.15, 0.2) is 12.3 Å². The third-order valence-corrected chi connectivity index (χ3v) is 1.02. The molecule has 0 aliphatic heterocycles. The molecule has 1 N–H and O–H groups in total. The minimum absolute atomic E-state index is 0.0273. The number of carbonyl (C=O) groups is 1. The van der Waals surface area contributed by atoms with E-state index in [2.05, 4.69) is 5.32 Å². The molecule has 0 radical (unpaired) electrons. The second-order valence-electron chi connectivity index (χ2n) is 3.82. The first-order chi connectivity index (χ1) is 6.95. The lowest BCUT2D eigenvalue weighted by atomic mass is 10.3. The van der Waals surface area contributed by atoms with Gasteiger partial charge in [-0.05, 0) is 6.92 Å². The fourth-order valence-corrected chi connectivity index (χ4v) is 0.524. The highest BCUT2D eigenvalue weighted by Crippen LogP contribution is 2.06. The van der Waals surface area contributed by atoms with Gasteiger partial charge in [-0.3, -0.25) is 4.79 Å². The highest BCUT2D eigenvalue weighted by Gasteiger charge is 2.20. The van der Waals surface area contributed by atoms with Crippen LogP contribution in [0, 0.1) is 0 Å². The molecule has 0 spiro atoms. The average Bonchev–Trinajstić information content (AvgIpc) is 1.97. The van der Waals surface area contributed by atoms with E-state index < -0.39 is 7.25 Å². The standard InChI is InChI=1S/C8H16N2O.BF4/c1-5-9-8(11)6-7-10(2,3)4;2-1(3,4)5/h6-7H,5H2,1-4H3;/q;-1/p+1/b7-6-;. The Balaban J connectivity index is 0. The number of carbonyl (C=O) groups excluding carboxylic acids is 1. The molecule has 0 atom stereocenters. The second kappa shape index (κ2) is 7.26. The van der Waals surface area contributed by atoms with Crippen LogP contribution in [0.4, 0.5) is 17.3 Å². The normalized spacial score (nSPS) is 12.0. The number of likely N-dealkylation sites (N-methyl/N-ethyl adjacent to an activating group) is 1. The lowest BCUT2D eigenvalue weighted by Crippen LogP contribution is -2.28. The van der Waals surface area contributed by atoms with Crippen molar-refractivity contribution in [3.8, 4) is 0 Å². The topological polar surface area (TPSA) is 29.1 Å². The minimum atomic E-state index is -6.00. The van der Waals surface area contributed by atoms with E-state index in [-0.39, 0.29) is 5.91 Å². The first kappa shape index (κ1) is 17.4. The quantitative estimate of drug-likeness (QED) is 0.347. The summed E-state index contributed by atoms with van der Waals surface area (Å²) in [6.45, 7) is 2.58. The molecule has 0 aliphatic carbocycles. The molecule has 0 rings (SSSR count). The van der Waals surface area contributed by atoms with Gasteiger partial charge in [-0.25, -0.2) is 0 Å². The Bertz CT molecular complexity index is 229. The largest absolute Gasteiger partial charge is 0.673 e. The number of hydrogen-bond acceptors (Lipinski definition) is 1. The Hall–Kier alpha value is -1.05. The van der Waals surface area contributed by atoms with E-state index in [4.69, 9.17) is 0 Å². The number of nitrogens with zero attached hydrogens (tertiary/aromatic N) is 1. The molecule has 1 amide bonds. The monoisotopic (exact) mass is 244 g/mol. The number of nitrogens with one attached hydrogen (secondary N) is 1. The Labute approximate surface area is 92.8 Å². The van der Waals surface area contributed by atoms with Crippen LogP contribution in [0.1, 0.15) is 6.92 Å². The van der Waals surface area contributed by atoms with Gasteiger partial charge in [-0.2, -0.15) is 0 Å². The zero-order chi connectivity index (χ0) is 13.4. The van der Waals surface area contributed by atoms with Gasteiger partial charge in [-0.1, -0.05) is 0 Å². The first-order valence-corrected chi connectivity index (χ1v) is 4.61. The Kier molecular flexibility index (Phi) is 7.88. The van der Waals surface area contributed by atoms with E-state index in [0.717, 1.165) is 0 Å². The first-order valence-electron chi connectivity index (χ1n) is 4.61. The molecular formula is C8H17BF4N2O. The van der Waals surface area contributed by atoms with Gasteiger partial charge in [0.1, 0.15) is 6.20 Å². The van der Waals surface area contributed by atoms with Crippen LogP contribution < -0.4 is 5.32 Å². The van der Waals surface area contributed by atoms with Crippen molar-refractivity contribution in [3.05, 3.63) is 12.3 Å². The predicted molar refractivity (Wildman–Crippen MR) is 56.0 cm³/mol. The van der Waals surface area contributed by atoms with Crippen LogP contribution in [0.25, 0.3) is 0 Å². The van der Waals surface area contributed by atoms with E-state index in [1.54, 1.807) is 6.08 Å².